The summed E-state index contributed by atoms with van der Waals surface area (Å²) < 4.78 is 47.6. The zero-order chi connectivity index (χ0) is 33.2. The predicted octanol–water partition coefficient (Wildman–Crippen LogP) is 5.25. The largest absolute Gasteiger partial charge is 0.509 e. The third-order valence-electron chi connectivity index (χ3n) is 11.5. The SMILES string of the molecule is CCC(C)OC(=O)C1CCC(C(=O)OC2COC3C(C(CC)C(C)(C)OC(=O)OC4COC5C(C(C)CC)COC45)COC23)CC1. The van der Waals surface area contributed by atoms with Gasteiger partial charge in [0.2, 0.25) is 0 Å². The van der Waals surface area contributed by atoms with Gasteiger partial charge < -0.3 is 37.9 Å². The van der Waals surface area contributed by atoms with Gasteiger partial charge in [-0.2, -0.15) is 0 Å². The van der Waals surface area contributed by atoms with Gasteiger partial charge in [-0.25, -0.2) is 4.79 Å². The normalized spacial score (nSPS) is 37.5. The van der Waals surface area contributed by atoms with Gasteiger partial charge >= 0.3 is 18.1 Å². The first-order valence-electron chi connectivity index (χ1n) is 17.7. The second-order valence-electron chi connectivity index (χ2n) is 14.7. The van der Waals surface area contributed by atoms with Crippen LogP contribution < -0.4 is 0 Å². The lowest BCUT2D eigenvalue weighted by Crippen LogP contribution is -2.45. The van der Waals surface area contributed by atoms with Crippen molar-refractivity contribution in [3.8, 4) is 0 Å². The maximum Gasteiger partial charge on any atom is 0.509 e. The molecule has 0 aromatic carbocycles. The molecule has 0 N–H and O–H groups in total. The number of fused-ring (bicyclic) bond motifs is 2. The molecule has 5 fully saturated rings. The van der Waals surface area contributed by atoms with Crippen LogP contribution in [0.3, 0.4) is 0 Å². The van der Waals surface area contributed by atoms with E-state index in [1.54, 1.807) is 0 Å². The molecule has 4 aliphatic heterocycles. The van der Waals surface area contributed by atoms with Gasteiger partial charge in [-0.1, -0.05) is 34.1 Å². The molecule has 0 radical (unpaired) electrons. The summed E-state index contributed by atoms with van der Waals surface area (Å²) in [6.07, 6.45) is 2.19. The number of rotatable bonds is 12. The summed E-state index contributed by atoms with van der Waals surface area (Å²) >= 11 is 0. The highest BCUT2D eigenvalue weighted by Crippen LogP contribution is 2.44. The Balaban J connectivity index is 1.10. The summed E-state index contributed by atoms with van der Waals surface area (Å²) in [5, 5.41) is 0. The smallest absolute Gasteiger partial charge is 0.462 e. The average molecular weight is 653 g/mol. The molecule has 5 rings (SSSR count). The summed E-state index contributed by atoms with van der Waals surface area (Å²) in [6.45, 7) is 15.7. The van der Waals surface area contributed by atoms with E-state index in [2.05, 4.69) is 20.8 Å². The molecular formula is C35H56O11. The molecule has 1 saturated carbocycles. The van der Waals surface area contributed by atoms with E-state index in [-0.39, 0.29) is 72.7 Å². The molecule has 1 aliphatic carbocycles. The van der Waals surface area contributed by atoms with Gasteiger partial charge in [0.1, 0.15) is 17.8 Å². The minimum absolute atomic E-state index is 0.0536. The highest BCUT2D eigenvalue weighted by molar-refractivity contribution is 5.75. The molecule has 11 unspecified atom stereocenters. The topological polar surface area (TPSA) is 125 Å². The van der Waals surface area contributed by atoms with Crippen LogP contribution in [-0.2, 0) is 47.5 Å². The molecule has 11 atom stereocenters. The number of carbonyl (C=O) groups excluding carboxylic acids is 3. The van der Waals surface area contributed by atoms with Crippen molar-refractivity contribution in [1.82, 2.24) is 0 Å². The van der Waals surface area contributed by atoms with Gasteiger partial charge in [-0.05, 0) is 65.2 Å². The Morgan fingerprint density at radius 3 is 1.76 bits per heavy atom. The van der Waals surface area contributed by atoms with Crippen LogP contribution in [0, 0.1) is 35.5 Å². The van der Waals surface area contributed by atoms with Crippen molar-refractivity contribution < 1.29 is 52.3 Å². The van der Waals surface area contributed by atoms with E-state index in [0.717, 1.165) is 19.3 Å². The van der Waals surface area contributed by atoms with E-state index in [9.17, 15) is 14.4 Å². The second-order valence-corrected chi connectivity index (χ2v) is 14.7. The fourth-order valence-electron chi connectivity index (χ4n) is 8.26. The molecule has 11 nitrogen and oxygen atoms in total. The van der Waals surface area contributed by atoms with Crippen LogP contribution in [0.1, 0.15) is 93.4 Å². The Labute approximate surface area is 274 Å². The Kier molecular flexibility index (Phi) is 11.6. The minimum Gasteiger partial charge on any atom is -0.462 e. The summed E-state index contributed by atoms with van der Waals surface area (Å²) in [6, 6.07) is 0. The molecule has 0 aromatic rings. The van der Waals surface area contributed by atoms with Crippen molar-refractivity contribution in [2.24, 2.45) is 35.5 Å². The maximum atomic E-state index is 13.1. The monoisotopic (exact) mass is 652 g/mol. The van der Waals surface area contributed by atoms with Crippen LogP contribution >= 0.6 is 0 Å². The van der Waals surface area contributed by atoms with E-state index in [1.807, 2.05) is 27.7 Å². The van der Waals surface area contributed by atoms with Crippen molar-refractivity contribution >= 4 is 18.1 Å². The number of carbonyl (C=O) groups is 3. The van der Waals surface area contributed by atoms with Crippen LogP contribution in [0.5, 0.6) is 0 Å². The molecule has 0 spiro atoms. The zero-order valence-electron chi connectivity index (χ0n) is 28.8. The highest BCUT2D eigenvalue weighted by Gasteiger charge is 2.55. The van der Waals surface area contributed by atoms with Gasteiger partial charge in [0.15, 0.2) is 12.2 Å². The standard InChI is InChI=1S/C35H56O11/c1-8-19(4)23-15-39-31-27(18-41-28(23)31)45-34(38)46-35(6,7)25(10-3)24-16-40-30-26(17-42-29(24)30)44-33(37)22-13-11-21(12-14-22)32(36)43-20(5)9-2/h19-31H,8-18H2,1-7H3. The lowest BCUT2D eigenvalue weighted by atomic mass is 9.76. The number of hydrogen-bond donors (Lipinski definition) is 0. The fourth-order valence-corrected chi connectivity index (χ4v) is 8.26. The molecule has 46 heavy (non-hydrogen) atoms. The summed E-state index contributed by atoms with van der Waals surface area (Å²) in [7, 11) is 0. The molecule has 5 aliphatic rings. The molecule has 0 aromatic heterocycles. The molecule has 262 valence electrons. The molecule has 4 saturated heterocycles. The molecule has 0 amide bonds. The van der Waals surface area contributed by atoms with Crippen molar-refractivity contribution in [2.45, 2.75) is 142 Å². The quantitative estimate of drug-likeness (QED) is 0.203. The first-order chi connectivity index (χ1) is 22.0. The van der Waals surface area contributed by atoms with Crippen molar-refractivity contribution in [3.05, 3.63) is 0 Å². The number of esters is 2. The summed E-state index contributed by atoms with van der Waals surface area (Å²) in [5.74, 6) is -0.201. The molecule has 0 bridgehead atoms. The molecular weight excluding hydrogens is 596 g/mol. The van der Waals surface area contributed by atoms with E-state index in [1.165, 1.54) is 0 Å². The Morgan fingerprint density at radius 1 is 0.674 bits per heavy atom. The minimum atomic E-state index is -0.865. The van der Waals surface area contributed by atoms with Gasteiger partial charge in [0.05, 0.1) is 56.6 Å². The fraction of sp³-hybridized carbons (Fsp3) is 0.914. The Bertz CT molecular complexity index is 1060. The number of hydrogen-bond acceptors (Lipinski definition) is 11. The predicted molar refractivity (Wildman–Crippen MR) is 166 cm³/mol. The van der Waals surface area contributed by atoms with Crippen molar-refractivity contribution in [2.75, 3.05) is 26.4 Å². The molecule has 11 heteroatoms. The third-order valence-corrected chi connectivity index (χ3v) is 11.5. The second kappa shape index (κ2) is 15.1. The van der Waals surface area contributed by atoms with E-state index < -0.39 is 24.0 Å². The van der Waals surface area contributed by atoms with Crippen LogP contribution in [0.2, 0.25) is 0 Å². The van der Waals surface area contributed by atoms with Gasteiger partial charge in [-0.15, -0.1) is 0 Å². The maximum absolute atomic E-state index is 13.1. The van der Waals surface area contributed by atoms with Crippen molar-refractivity contribution in [3.63, 3.8) is 0 Å². The molecule has 4 heterocycles. The Morgan fingerprint density at radius 2 is 1.20 bits per heavy atom. The lowest BCUT2D eigenvalue weighted by molar-refractivity contribution is -0.163. The van der Waals surface area contributed by atoms with Gasteiger partial charge in [-0.3, -0.25) is 9.59 Å². The Hall–Kier alpha value is -1.95. The summed E-state index contributed by atoms with van der Waals surface area (Å²) in [5.41, 5.74) is -0.865. The average Bonchev–Trinajstić information content (AvgIpc) is 3.81. The zero-order valence-corrected chi connectivity index (χ0v) is 28.8. The first-order valence-corrected chi connectivity index (χ1v) is 17.7. The van der Waals surface area contributed by atoms with E-state index in [4.69, 9.17) is 37.9 Å². The van der Waals surface area contributed by atoms with Crippen LogP contribution in [0.15, 0.2) is 0 Å². The summed E-state index contributed by atoms with van der Waals surface area (Å²) in [4.78, 5) is 38.6. The van der Waals surface area contributed by atoms with E-state index in [0.29, 0.717) is 57.3 Å². The van der Waals surface area contributed by atoms with E-state index >= 15 is 0 Å². The number of ether oxygens (including phenoxy) is 8. The van der Waals surface area contributed by atoms with Crippen LogP contribution in [0.25, 0.3) is 0 Å². The highest BCUT2D eigenvalue weighted by atomic mass is 16.8. The van der Waals surface area contributed by atoms with Crippen molar-refractivity contribution in [1.29, 1.82) is 0 Å². The third kappa shape index (κ3) is 7.52. The van der Waals surface area contributed by atoms with Crippen LogP contribution in [-0.4, -0.2) is 92.9 Å². The van der Waals surface area contributed by atoms with Gasteiger partial charge in [0, 0.05) is 17.8 Å². The first kappa shape index (κ1) is 35.4. The van der Waals surface area contributed by atoms with Crippen LogP contribution in [0.4, 0.5) is 4.79 Å². The lowest BCUT2D eigenvalue weighted by Gasteiger charge is -2.38. The van der Waals surface area contributed by atoms with Gasteiger partial charge in [0.25, 0.3) is 0 Å².